The minimum atomic E-state index is -0.168. The number of anilines is 2. The summed E-state index contributed by atoms with van der Waals surface area (Å²) in [5, 5.41) is 5.36. The van der Waals surface area contributed by atoms with Crippen LogP contribution in [0.2, 0.25) is 10.0 Å². The van der Waals surface area contributed by atoms with Crippen molar-refractivity contribution in [1.82, 2.24) is 14.9 Å². The van der Waals surface area contributed by atoms with Gasteiger partial charge in [-0.3, -0.25) is 4.98 Å². The van der Waals surface area contributed by atoms with Gasteiger partial charge in [-0.1, -0.05) is 29.3 Å². The molecule has 6 rings (SSSR count). The highest BCUT2D eigenvalue weighted by Gasteiger charge is 2.42. The Morgan fingerprint density at radius 1 is 0.919 bits per heavy atom. The molecule has 0 saturated carbocycles. The van der Waals surface area contributed by atoms with E-state index in [0.29, 0.717) is 15.2 Å². The van der Waals surface area contributed by atoms with Crippen LogP contribution in [0.3, 0.4) is 0 Å². The van der Waals surface area contributed by atoms with E-state index in [0.717, 1.165) is 49.1 Å². The van der Waals surface area contributed by atoms with Crippen LogP contribution in [0.4, 0.5) is 11.4 Å². The first-order valence-electron chi connectivity index (χ1n) is 12.2. The minimum absolute atomic E-state index is 0.160. The highest BCUT2D eigenvalue weighted by Crippen LogP contribution is 2.43. The third kappa shape index (κ3) is 4.68. The van der Waals surface area contributed by atoms with Crippen LogP contribution in [0.25, 0.3) is 5.69 Å². The fourth-order valence-electron chi connectivity index (χ4n) is 5.11. The lowest BCUT2D eigenvalue weighted by molar-refractivity contribution is 0.122. The number of hydrogen-bond acceptors (Lipinski definition) is 4. The SMILES string of the molecule is S=C1N[C@H](c2ccccn2)[C@H](c2cccn2-c2ccc(Cl)cc2Cl)N1c1ccc(N2CCOCC2)cc1. The molecular weight excluding hydrogens is 525 g/mol. The summed E-state index contributed by atoms with van der Waals surface area (Å²) in [4.78, 5) is 9.19. The predicted molar refractivity (Wildman–Crippen MR) is 153 cm³/mol. The van der Waals surface area contributed by atoms with E-state index in [-0.39, 0.29) is 12.1 Å². The summed E-state index contributed by atoms with van der Waals surface area (Å²) < 4.78 is 7.61. The summed E-state index contributed by atoms with van der Waals surface area (Å²) in [5.74, 6) is 0. The summed E-state index contributed by atoms with van der Waals surface area (Å²) in [5.41, 5.74) is 4.99. The normalized spacial score (nSPS) is 19.8. The molecule has 2 aromatic carbocycles. The third-order valence-corrected chi connectivity index (χ3v) is 7.71. The molecule has 2 aliphatic rings. The van der Waals surface area contributed by atoms with Crippen molar-refractivity contribution in [2.24, 2.45) is 0 Å². The number of aromatic nitrogens is 2. The number of thiocarbonyl (C=S) groups is 1. The fraction of sp³-hybridized carbons (Fsp3) is 0.214. The monoisotopic (exact) mass is 549 g/mol. The molecule has 0 aliphatic carbocycles. The largest absolute Gasteiger partial charge is 0.378 e. The molecule has 0 spiro atoms. The highest BCUT2D eigenvalue weighted by atomic mass is 35.5. The van der Waals surface area contributed by atoms with E-state index < -0.39 is 0 Å². The fourth-order valence-corrected chi connectivity index (χ4v) is 5.96. The lowest BCUT2D eigenvalue weighted by atomic mass is 10.0. The third-order valence-electron chi connectivity index (χ3n) is 6.85. The van der Waals surface area contributed by atoms with Crippen LogP contribution in [0.15, 0.2) is 85.2 Å². The van der Waals surface area contributed by atoms with E-state index in [4.69, 9.17) is 40.2 Å². The zero-order chi connectivity index (χ0) is 25.4. The van der Waals surface area contributed by atoms with Gasteiger partial charge in [0.2, 0.25) is 0 Å². The van der Waals surface area contributed by atoms with E-state index in [1.165, 1.54) is 5.69 Å². The van der Waals surface area contributed by atoms with Crippen molar-refractivity contribution in [1.29, 1.82) is 0 Å². The Bertz CT molecular complexity index is 1410. The number of pyridine rings is 1. The molecule has 4 heterocycles. The molecule has 188 valence electrons. The summed E-state index contributed by atoms with van der Waals surface area (Å²) in [6.07, 6.45) is 3.83. The van der Waals surface area contributed by atoms with Crippen molar-refractivity contribution in [2.75, 3.05) is 36.1 Å². The molecule has 0 bridgehead atoms. The Kier molecular flexibility index (Phi) is 6.78. The van der Waals surface area contributed by atoms with Crippen molar-refractivity contribution in [3.8, 4) is 5.69 Å². The van der Waals surface area contributed by atoms with E-state index in [2.05, 4.69) is 55.0 Å². The summed E-state index contributed by atoms with van der Waals surface area (Å²) in [7, 11) is 0. The minimum Gasteiger partial charge on any atom is -0.378 e. The lowest BCUT2D eigenvalue weighted by Crippen LogP contribution is -2.36. The molecular formula is C28H25Cl2N5OS. The number of nitrogens with one attached hydrogen (secondary N) is 1. The average Bonchev–Trinajstić information content (AvgIpc) is 3.54. The van der Waals surface area contributed by atoms with Crippen molar-refractivity contribution >= 4 is 51.9 Å². The summed E-state index contributed by atoms with van der Waals surface area (Å²) in [6, 6.07) is 23.9. The maximum atomic E-state index is 6.64. The van der Waals surface area contributed by atoms with Crippen molar-refractivity contribution in [2.45, 2.75) is 12.1 Å². The van der Waals surface area contributed by atoms with Gasteiger partial charge in [-0.2, -0.15) is 0 Å². The van der Waals surface area contributed by atoms with Gasteiger partial charge in [0.25, 0.3) is 0 Å². The molecule has 9 heteroatoms. The number of ether oxygens (including phenoxy) is 1. The molecule has 4 aromatic rings. The first-order valence-corrected chi connectivity index (χ1v) is 13.3. The molecule has 37 heavy (non-hydrogen) atoms. The molecule has 2 aromatic heterocycles. The lowest BCUT2D eigenvalue weighted by Gasteiger charge is -2.31. The molecule has 0 unspecified atom stereocenters. The first kappa shape index (κ1) is 24.2. The number of halogens is 2. The smallest absolute Gasteiger partial charge is 0.174 e. The van der Waals surface area contributed by atoms with Crippen LogP contribution in [0.5, 0.6) is 0 Å². The van der Waals surface area contributed by atoms with Gasteiger partial charge >= 0.3 is 0 Å². The van der Waals surface area contributed by atoms with E-state index in [1.54, 1.807) is 6.07 Å². The summed E-state index contributed by atoms with van der Waals surface area (Å²) in [6.45, 7) is 3.28. The van der Waals surface area contributed by atoms with Crippen LogP contribution < -0.4 is 15.1 Å². The highest BCUT2D eigenvalue weighted by molar-refractivity contribution is 7.80. The maximum absolute atomic E-state index is 6.64. The number of hydrogen-bond donors (Lipinski definition) is 1. The quantitative estimate of drug-likeness (QED) is 0.299. The predicted octanol–water partition coefficient (Wildman–Crippen LogP) is 6.19. The number of morpholine rings is 1. The second kappa shape index (κ2) is 10.3. The Morgan fingerprint density at radius 3 is 2.43 bits per heavy atom. The van der Waals surface area contributed by atoms with Crippen LogP contribution in [0.1, 0.15) is 23.5 Å². The average molecular weight is 551 g/mol. The van der Waals surface area contributed by atoms with Crippen molar-refractivity contribution in [3.63, 3.8) is 0 Å². The maximum Gasteiger partial charge on any atom is 0.174 e. The Balaban J connectivity index is 1.43. The Labute approximate surface area is 231 Å². The van der Waals surface area contributed by atoms with E-state index in [9.17, 15) is 0 Å². The van der Waals surface area contributed by atoms with E-state index in [1.807, 2.05) is 48.8 Å². The van der Waals surface area contributed by atoms with Gasteiger partial charge in [0.1, 0.15) is 6.04 Å². The van der Waals surface area contributed by atoms with Gasteiger partial charge in [-0.05, 0) is 78.9 Å². The molecule has 2 atom stereocenters. The first-order chi connectivity index (χ1) is 18.1. The second-order valence-electron chi connectivity index (χ2n) is 9.01. The van der Waals surface area contributed by atoms with Gasteiger partial charge in [0, 0.05) is 47.6 Å². The standard InChI is InChI=1S/C28H25Cl2N5OS/c29-19-6-11-24(22(30)18-19)34-13-3-5-25(34)27-26(23-4-1-2-12-31-23)32-28(37)35(27)21-9-7-20(8-10-21)33-14-16-36-17-15-33/h1-13,18,26-27H,14-17H2,(H,32,37)/t26-,27+/m1/s1. The number of benzene rings is 2. The van der Waals surface area contributed by atoms with Gasteiger partial charge in [0.05, 0.1) is 35.7 Å². The van der Waals surface area contributed by atoms with Crippen LogP contribution in [0, 0.1) is 0 Å². The summed E-state index contributed by atoms with van der Waals surface area (Å²) >= 11 is 18.8. The molecule has 2 fully saturated rings. The Morgan fingerprint density at radius 2 is 1.70 bits per heavy atom. The molecule has 1 N–H and O–H groups in total. The molecule has 0 radical (unpaired) electrons. The van der Waals surface area contributed by atoms with E-state index >= 15 is 0 Å². The molecule has 2 aliphatic heterocycles. The molecule has 6 nitrogen and oxygen atoms in total. The zero-order valence-corrected chi connectivity index (χ0v) is 22.3. The van der Waals surface area contributed by atoms with Crippen LogP contribution in [-0.4, -0.2) is 41.0 Å². The van der Waals surface area contributed by atoms with Gasteiger partial charge in [-0.25, -0.2) is 0 Å². The second-order valence-corrected chi connectivity index (χ2v) is 10.2. The van der Waals surface area contributed by atoms with Crippen LogP contribution >= 0.6 is 35.4 Å². The van der Waals surface area contributed by atoms with Crippen molar-refractivity contribution < 1.29 is 4.74 Å². The number of rotatable bonds is 5. The molecule has 2 saturated heterocycles. The topological polar surface area (TPSA) is 45.6 Å². The van der Waals surface area contributed by atoms with Gasteiger partial charge in [0.15, 0.2) is 5.11 Å². The number of nitrogens with zero attached hydrogens (tertiary/aromatic N) is 4. The van der Waals surface area contributed by atoms with Gasteiger partial charge in [-0.15, -0.1) is 0 Å². The zero-order valence-electron chi connectivity index (χ0n) is 19.9. The van der Waals surface area contributed by atoms with Crippen molar-refractivity contribution in [3.05, 3.63) is 107 Å². The van der Waals surface area contributed by atoms with Crippen LogP contribution in [-0.2, 0) is 4.74 Å². The molecule has 0 amide bonds. The Hall–Kier alpha value is -3.10. The van der Waals surface area contributed by atoms with Gasteiger partial charge < -0.3 is 24.4 Å².